The van der Waals surface area contributed by atoms with E-state index in [0.29, 0.717) is 0 Å². The molecule has 0 saturated heterocycles. The fourth-order valence-electron chi connectivity index (χ4n) is 1.46. The van der Waals surface area contributed by atoms with E-state index < -0.39 is 11.3 Å². The summed E-state index contributed by atoms with van der Waals surface area (Å²) in [4.78, 5) is 0. The molecule has 0 aromatic heterocycles. The first-order valence-corrected chi connectivity index (χ1v) is 5.73. The number of para-hydroxylation sites is 1. The molecule has 1 N–H and O–H groups in total. The first kappa shape index (κ1) is 15.1. The number of hydrogen-bond acceptors (Lipinski definition) is 2. The predicted octanol–water partition coefficient (Wildman–Crippen LogP) is 1.64. The van der Waals surface area contributed by atoms with Gasteiger partial charge in [-0.15, -0.1) is 0 Å². The molecule has 1 rings (SSSR count). The summed E-state index contributed by atoms with van der Waals surface area (Å²) in [6.07, 6.45) is 1.65. The zero-order chi connectivity index (χ0) is 10.6. The van der Waals surface area contributed by atoms with Gasteiger partial charge in [0.15, 0.2) is 0 Å². The Balaban J connectivity index is 0.00000196. The van der Waals surface area contributed by atoms with Crippen LogP contribution < -0.4 is 4.72 Å². The van der Waals surface area contributed by atoms with Gasteiger partial charge < -0.3 is 9.27 Å². The molecule has 5 heteroatoms. The predicted molar refractivity (Wildman–Crippen MR) is 63.5 cm³/mol. The third-order valence-electron chi connectivity index (χ3n) is 2.18. The van der Waals surface area contributed by atoms with Crippen LogP contribution in [0.5, 0.6) is 0 Å². The fourth-order valence-corrected chi connectivity index (χ4v) is 1.89. The monoisotopic (exact) mass is 235 g/mol. The molecule has 0 spiro atoms. The molecule has 0 aliphatic rings. The molecule has 0 fully saturated rings. The molecule has 0 aliphatic heterocycles. The first-order valence-electron chi connectivity index (χ1n) is 4.65. The van der Waals surface area contributed by atoms with Crippen LogP contribution in [0.4, 0.5) is 5.69 Å². The average Bonchev–Trinajstić information content (AvgIpc) is 2.17. The quantitative estimate of drug-likeness (QED) is 0.637. The van der Waals surface area contributed by atoms with Crippen molar-refractivity contribution in [1.82, 2.24) is 0 Å². The van der Waals surface area contributed by atoms with Crippen molar-refractivity contribution in [3.05, 3.63) is 29.3 Å². The van der Waals surface area contributed by atoms with Gasteiger partial charge in [-0.1, -0.05) is 32.0 Å². The van der Waals surface area contributed by atoms with Crippen molar-refractivity contribution in [1.29, 1.82) is 0 Å². The zero-order valence-corrected chi connectivity index (χ0v) is 12.2. The van der Waals surface area contributed by atoms with Crippen LogP contribution in [0.25, 0.3) is 0 Å². The molecule has 1 radical (unpaired) electrons. The van der Waals surface area contributed by atoms with E-state index in [4.69, 9.17) is 0 Å². The van der Waals surface area contributed by atoms with Gasteiger partial charge in [0.05, 0.1) is 5.69 Å². The second-order valence-electron chi connectivity index (χ2n) is 3.00. The smallest absolute Gasteiger partial charge is 0.0516 e. The van der Waals surface area contributed by atoms with Crippen molar-refractivity contribution in [3.8, 4) is 0 Å². The number of hydrogen-bond donors (Lipinski definition) is 1. The molecule has 0 bridgehead atoms. The van der Waals surface area contributed by atoms with Crippen molar-refractivity contribution in [3.63, 3.8) is 0 Å². The molecular formula is C10H14NNaO2S-. The second kappa shape index (κ2) is 7.41. The third-order valence-corrected chi connectivity index (χ3v) is 2.56. The van der Waals surface area contributed by atoms with Crippen LogP contribution in [0.2, 0.25) is 0 Å². The Kier molecular flexibility index (Phi) is 7.48. The number of aryl methyl sites for hydroxylation is 2. The number of rotatable bonds is 4. The Labute approximate surface area is 115 Å². The van der Waals surface area contributed by atoms with Gasteiger partial charge in [0.25, 0.3) is 0 Å². The molecule has 1 aromatic carbocycles. The molecule has 15 heavy (non-hydrogen) atoms. The van der Waals surface area contributed by atoms with Crippen LogP contribution in [-0.4, -0.2) is 38.3 Å². The maximum absolute atomic E-state index is 10.6. The molecule has 1 atom stereocenters. The molecule has 0 heterocycles. The van der Waals surface area contributed by atoms with Gasteiger partial charge in [0, 0.05) is 40.8 Å². The van der Waals surface area contributed by atoms with Crippen LogP contribution in [0.1, 0.15) is 25.0 Å². The molecule has 3 nitrogen and oxygen atoms in total. The summed E-state index contributed by atoms with van der Waals surface area (Å²) in [5.41, 5.74) is 2.81. The minimum atomic E-state index is -2.24. The number of benzene rings is 1. The van der Waals surface area contributed by atoms with E-state index >= 15 is 0 Å². The Morgan fingerprint density at radius 1 is 1.27 bits per heavy atom. The van der Waals surface area contributed by atoms with Gasteiger partial charge in [-0.2, -0.15) is 0 Å². The summed E-state index contributed by atoms with van der Waals surface area (Å²) in [7, 11) is 0. The maximum atomic E-state index is 10.6. The van der Waals surface area contributed by atoms with Crippen LogP contribution in [0.15, 0.2) is 18.2 Å². The minimum absolute atomic E-state index is 0. The van der Waals surface area contributed by atoms with E-state index in [-0.39, 0.29) is 29.6 Å². The van der Waals surface area contributed by atoms with Crippen LogP contribution >= 0.6 is 0 Å². The SMILES string of the molecule is CCc1cccc(CC)c1NS(=O)[O-].[Na]. The summed E-state index contributed by atoms with van der Waals surface area (Å²) in [6.45, 7) is 4.02. The molecule has 1 aromatic rings. The minimum Gasteiger partial charge on any atom is -0.755 e. The number of anilines is 1. The van der Waals surface area contributed by atoms with Crippen molar-refractivity contribution in [2.45, 2.75) is 26.7 Å². The molecule has 1 unspecified atom stereocenters. The van der Waals surface area contributed by atoms with Gasteiger partial charge in [-0.25, -0.2) is 0 Å². The van der Waals surface area contributed by atoms with E-state index in [1.807, 2.05) is 32.0 Å². The Morgan fingerprint density at radius 3 is 2.07 bits per heavy atom. The van der Waals surface area contributed by atoms with Crippen molar-refractivity contribution < 1.29 is 8.76 Å². The average molecular weight is 235 g/mol. The zero-order valence-electron chi connectivity index (χ0n) is 9.37. The van der Waals surface area contributed by atoms with Gasteiger partial charge in [0.2, 0.25) is 0 Å². The van der Waals surface area contributed by atoms with Crippen LogP contribution in [0, 0.1) is 0 Å². The van der Waals surface area contributed by atoms with Crippen molar-refractivity contribution >= 4 is 46.5 Å². The molecule has 0 aliphatic carbocycles. The third kappa shape index (κ3) is 4.25. The second-order valence-corrected chi connectivity index (χ2v) is 3.67. The summed E-state index contributed by atoms with van der Waals surface area (Å²) < 4.78 is 23.6. The molecule has 0 amide bonds. The first-order chi connectivity index (χ1) is 6.69. The summed E-state index contributed by atoms with van der Waals surface area (Å²) in [5, 5.41) is 0. The molecule has 0 saturated carbocycles. The summed E-state index contributed by atoms with van der Waals surface area (Å²) in [6, 6.07) is 5.83. The van der Waals surface area contributed by atoms with E-state index in [2.05, 4.69) is 4.72 Å². The Morgan fingerprint density at radius 2 is 1.73 bits per heavy atom. The Bertz CT molecular complexity index is 322. The molecule has 79 valence electrons. The standard InChI is InChI=1S/C10H15NO2S.Na/c1-3-8-6-5-7-9(4-2)10(8)11-14(12)13;/h5-7,11H,3-4H2,1-2H3,(H,12,13);/p-1. The van der Waals surface area contributed by atoms with Gasteiger partial charge in [0.1, 0.15) is 0 Å². The van der Waals surface area contributed by atoms with Gasteiger partial charge >= 0.3 is 0 Å². The maximum Gasteiger partial charge on any atom is 0.0516 e. The van der Waals surface area contributed by atoms with Gasteiger partial charge in [-0.3, -0.25) is 4.21 Å². The van der Waals surface area contributed by atoms with E-state index in [0.717, 1.165) is 29.7 Å². The topological polar surface area (TPSA) is 52.2 Å². The van der Waals surface area contributed by atoms with Crippen molar-refractivity contribution in [2.24, 2.45) is 0 Å². The normalized spacial score (nSPS) is 11.7. The van der Waals surface area contributed by atoms with Crippen LogP contribution in [0.3, 0.4) is 0 Å². The van der Waals surface area contributed by atoms with E-state index in [9.17, 15) is 8.76 Å². The Hall–Kier alpha value is 0.130. The van der Waals surface area contributed by atoms with Crippen LogP contribution in [-0.2, 0) is 24.1 Å². The number of nitrogens with one attached hydrogen (secondary N) is 1. The van der Waals surface area contributed by atoms with Gasteiger partial charge in [-0.05, 0) is 24.0 Å². The molecular weight excluding hydrogens is 221 g/mol. The fraction of sp³-hybridized carbons (Fsp3) is 0.400. The summed E-state index contributed by atoms with van der Waals surface area (Å²) in [5.74, 6) is 0. The van der Waals surface area contributed by atoms with Crippen molar-refractivity contribution in [2.75, 3.05) is 4.72 Å². The van der Waals surface area contributed by atoms with E-state index in [1.54, 1.807) is 0 Å². The largest absolute Gasteiger partial charge is 0.755 e. The summed E-state index contributed by atoms with van der Waals surface area (Å²) >= 11 is -2.24. The van der Waals surface area contributed by atoms with E-state index in [1.165, 1.54) is 0 Å².